The van der Waals surface area contributed by atoms with E-state index in [1.165, 1.54) is 24.3 Å². The fourth-order valence-electron chi connectivity index (χ4n) is 3.07. The molecule has 1 aromatic rings. The summed E-state index contributed by atoms with van der Waals surface area (Å²) in [5, 5.41) is 0. The van der Waals surface area contributed by atoms with Gasteiger partial charge < -0.3 is 0 Å². The Morgan fingerprint density at radius 1 is 0.853 bits per heavy atom. The standard InChI is InChI=1S/C19H20F9O2.3CH3.Sn/c1-5-11(10-16(20,21)17(22,23)18(24,25)19(26,27)28)12-6-8-13(9-7-12)14(29)30-15(2,3)4;;;;/h6-9,11H,1,5,10H2,2-4H3;3*1H3;. The third kappa shape index (κ3) is 7.68. The van der Waals surface area contributed by atoms with Gasteiger partial charge in [-0.25, -0.2) is 0 Å². The van der Waals surface area contributed by atoms with Gasteiger partial charge in [0, 0.05) is 0 Å². The van der Waals surface area contributed by atoms with Crippen LogP contribution in [-0.2, 0) is 4.74 Å². The van der Waals surface area contributed by atoms with Crippen molar-refractivity contribution < 1.29 is 49.0 Å². The minimum absolute atomic E-state index is 0.0219. The van der Waals surface area contributed by atoms with Crippen LogP contribution >= 0.6 is 0 Å². The molecule has 0 saturated carbocycles. The van der Waals surface area contributed by atoms with Gasteiger partial charge in [0.2, 0.25) is 0 Å². The molecule has 0 aliphatic carbocycles. The van der Waals surface area contributed by atoms with Crippen LogP contribution in [0.25, 0.3) is 0 Å². The number of esters is 1. The van der Waals surface area contributed by atoms with E-state index in [0.29, 0.717) is 4.44 Å². The molecule has 0 N–H and O–H groups in total. The molecule has 1 aromatic carbocycles. The fraction of sp³-hybridized carbons (Fsp3) is 0.682. The second-order valence-electron chi connectivity index (χ2n) is 10.5. The fourth-order valence-corrected chi connectivity index (χ4v) is 6.53. The number of hydrogen-bond donors (Lipinski definition) is 0. The maximum absolute atomic E-state index is 14.4. The van der Waals surface area contributed by atoms with Gasteiger partial charge in [0.1, 0.15) is 0 Å². The zero-order valence-electron chi connectivity index (χ0n) is 19.7. The first-order chi connectivity index (χ1) is 14.9. The molecule has 0 saturated heterocycles. The Kier molecular flexibility index (Phi) is 9.16. The molecule has 34 heavy (non-hydrogen) atoms. The Morgan fingerprint density at radius 3 is 1.71 bits per heavy atom. The van der Waals surface area contributed by atoms with E-state index in [4.69, 9.17) is 4.74 Å². The number of benzene rings is 1. The Bertz CT molecular complexity index is 836. The summed E-state index contributed by atoms with van der Waals surface area (Å²) in [7, 11) is 0. The van der Waals surface area contributed by atoms with Crippen molar-refractivity contribution in [1.82, 2.24) is 0 Å². The van der Waals surface area contributed by atoms with Crippen molar-refractivity contribution in [2.45, 2.75) is 88.3 Å². The van der Waals surface area contributed by atoms with Crippen LogP contribution in [0.2, 0.25) is 19.3 Å². The van der Waals surface area contributed by atoms with Crippen molar-refractivity contribution in [1.29, 1.82) is 0 Å². The van der Waals surface area contributed by atoms with Gasteiger partial charge in [-0.3, -0.25) is 0 Å². The second kappa shape index (κ2) is 10.1. The molecule has 0 spiro atoms. The summed E-state index contributed by atoms with van der Waals surface area (Å²) in [4.78, 5) is 17.9. The van der Waals surface area contributed by atoms with E-state index in [1.54, 1.807) is 20.8 Å². The molecule has 0 fully saturated rings. The number of rotatable bonds is 9. The van der Waals surface area contributed by atoms with Crippen molar-refractivity contribution in [2.75, 3.05) is 0 Å². The van der Waals surface area contributed by atoms with Gasteiger partial charge in [-0.2, -0.15) is 0 Å². The molecule has 1 rings (SSSR count). The molecular formula is C22H29F9O2Sn. The molecule has 0 radical (unpaired) electrons. The van der Waals surface area contributed by atoms with Gasteiger partial charge in [0.05, 0.1) is 0 Å². The van der Waals surface area contributed by atoms with E-state index in [0.717, 1.165) is 0 Å². The van der Waals surface area contributed by atoms with Gasteiger partial charge in [-0.05, 0) is 0 Å². The zero-order chi connectivity index (χ0) is 27.0. The molecule has 1 atom stereocenters. The number of ether oxygens (including phenoxy) is 1. The summed E-state index contributed by atoms with van der Waals surface area (Å²) in [6.45, 7) is 4.85. The summed E-state index contributed by atoms with van der Waals surface area (Å²) in [6, 6.07) is 4.80. The maximum atomic E-state index is 14.4. The summed E-state index contributed by atoms with van der Waals surface area (Å²) in [5.74, 6) is -21.4. The SMILES string of the molecule is CC(C)(C)OC(=O)c1ccc(C(C[CH2][Sn]([CH3])([CH3])[CH3])CC(F)(F)C(F)(F)C(F)(F)C(F)(F)F)cc1. The predicted molar refractivity (Wildman–Crippen MR) is 113 cm³/mol. The predicted octanol–water partition coefficient (Wildman–Crippen LogP) is 8.31. The molecule has 0 aromatic heterocycles. The van der Waals surface area contributed by atoms with Crippen LogP contribution in [0.15, 0.2) is 24.3 Å². The first-order valence-corrected chi connectivity index (χ1v) is 21.0. The van der Waals surface area contributed by atoms with E-state index in [2.05, 4.69) is 0 Å². The van der Waals surface area contributed by atoms with Crippen LogP contribution < -0.4 is 0 Å². The van der Waals surface area contributed by atoms with E-state index in [9.17, 15) is 44.3 Å². The molecule has 0 amide bonds. The van der Waals surface area contributed by atoms with Crippen molar-refractivity contribution in [3.8, 4) is 0 Å². The van der Waals surface area contributed by atoms with E-state index in [-0.39, 0.29) is 17.5 Å². The minimum atomic E-state index is -6.92. The molecule has 0 heterocycles. The van der Waals surface area contributed by atoms with Crippen molar-refractivity contribution >= 4 is 24.3 Å². The first-order valence-electron chi connectivity index (χ1n) is 10.4. The summed E-state index contributed by atoms with van der Waals surface area (Å²) in [5.41, 5.74) is -0.767. The number of carbonyl (C=O) groups excluding carboxylic acids is 1. The molecule has 1 unspecified atom stereocenters. The molecule has 0 aliphatic rings. The van der Waals surface area contributed by atoms with Crippen molar-refractivity contribution in [2.24, 2.45) is 0 Å². The van der Waals surface area contributed by atoms with Crippen LogP contribution in [0.4, 0.5) is 39.5 Å². The van der Waals surface area contributed by atoms with Crippen LogP contribution in [0, 0.1) is 0 Å². The van der Waals surface area contributed by atoms with Crippen LogP contribution in [0.5, 0.6) is 0 Å². The van der Waals surface area contributed by atoms with Gasteiger partial charge >= 0.3 is 197 Å². The molecule has 0 aliphatic heterocycles. The Labute approximate surface area is 197 Å². The molecule has 196 valence electrons. The van der Waals surface area contributed by atoms with Crippen molar-refractivity contribution in [3.63, 3.8) is 0 Å². The average Bonchev–Trinajstić information content (AvgIpc) is 2.62. The number of hydrogen-bond acceptors (Lipinski definition) is 2. The number of alkyl halides is 9. The Morgan fingerprint density at radius 2 is 1.32 bits per heavy atom. The summed E-state index contributed by atoms with van der Waals surface area (Å²) in [6.07, 6.45) is -8.87. The van der Waals surface area contributed by atoms with E-state index in [1.807, 2.05) is 14.8 Å². The normalized spacial score (nSPS) is 15.3. The van der Waals surface area contributed by atoms with Crippen molar-refractivity contribution in [3.05, 3.63) is 35.4 Å². The van der Waals surface area contributed by atoms with Crippen LogP contribution in [0.3, 0.4) is 0 Å². The zero-order valence-corrected chi connectivity index (χ0v) is 22.6. The Balaban J connectivity index is 3.32. The topological polar surface area (TPSA) is 26.3 Å². The Hall–Kier alpha value is -1.14. The number of carbonyl (C=O) groups is 1. The third-order valence-electron chi connectivity index (χ3n) is 4.97. The quantitative estimate of drug-likeness (QED) is 0.159. The summed E-state index contributed by atoms with van der Waals surface area (Å²) >= 11 is -2.68. The second-order valence-corrected chi connectivity index (χ2v) is 26.5. The molecule has 0 bridgehead atoms. The van der Waals surface area contributed by atoms with E-state index >= 15 is 0 Å². The molecule has 2 nitrogen and oxygen atoms in total. The average molecular weight is 615 g/mol. The molecular weight excluding hydrogens is 586 g/mol. The number of halogens is 9. The van der Waals surface area contributed by atoms with Gasteiger partial charge in [-0.15, -0.1) is 0 Å². The van der Waals surface area contributed by atoms with Gasteiger partial charge in [0.15, 0.2) is 0 Å². The van der Waals surface area contributed by atoms with Gasteiger partial charge in [-0.1, -0.05) is 0 Å². The van der Waals surface area contributed by atoms with Gasteiger partial charge in [0.25, 0.3) is 0 Å². The van der Waals surface area contributed by atoms with E-state index < -0.39 is 66.2 Å². The summed E-state index contributed by atoms with van der Waals surface area (Å²) < 4.78 is 126. The van der Waals surface area contributed by atoms with Crippen LogP contribution in [0.1, 0.15) is 55.5 Å². The van der Waals surface area contributed by atoms with Crippen LogP contribution in [-0.4, -0.2) is 53.9 Å². The molecule has 12 heteroatoms. The monoisotopic (exact) mass is 616 g/mol. The first kappa shape index (κ1) is 30.9. The third-order valence-corrected chi connectivity index (χ3v) is 10.1.